The van der Waals surface area contributed by atoms with E-state index < -0.39 is 0 Å². The van der Waals surface area contributed by atoms with Crippen molar-refractivity contribution in [2.45, 2.75) is 26.2 Å². The molecule has 0 amide bonds. The van der Waals surface area contributed by atoms with E-state index in [-0.39, 0.29) is 5.82 Å². The van der Waals surface area contributed by atoms with Crippen LogP contribution in [0.15, 0.2) is 18.2 Å². The number of nitrogens with zero attached hydrogens (tertiary/aromatic N) is 1. The number of H-pyrrole nitrogens is 1. The number of imidazole rings is 1. The first-order valence-corrected chi connectivity index (χ1v) is 4.86. The Labute approximate surface area is 82.2 Å². The minimum absolute atomic E-state index is 0.256. The van der Waals surface area contributed by atoms with Crippen LogP contribution in [0.3, 0.4) is 0 Å². The van der Waals surface area contributed by atoms with Gasteiger partial charge < -0.3 is 4.98 Å². The molecule has 0 aliphatic heterocycles. The average molecular weight is 192 g/mol. The molecule has 0 spiro atoms. The number of halogens is 1. The summed E-state index contributed by atoms with van der Waals surface area (Å²) in [5, 5.41) is 0. The number of hydrogen-bond donors (Lipinski definition) is 1. The van der Waals surface area contributed by atoms with Gasteiger partial charge in [0.2, 0.25) is 0 Å². The highest BCUT2D eigenvalue weighted by Crippen LogP contribution is 2.21. The summed E-state index contributed by atoms with van der Waals surface area (Å²) >= 11 is 0. The molecule has 0 aliphatic rings. The number of rotatable bonds is 2. The lowest BCUT2D eigenvalue weighted by Crippen LogP contribution is -1.93. The van der Waals surface area contributed by atoms with Gasteiger partial charge >= 0.3 is 0 Å². The van der Waals surface area contributed by atoms with E-state index in [0.717, 1.165) is 17.8 Å². The largest absolute Gasteiger partial charge is 0.342 e. The van der Waals surface area contributed by atoms with Gasteiger partial charge in [0.15, 0.2) is 5.82 Å². The van der Waals surface area contributed by atoms with Crippen molar-refractivity contribution in [1.82, 2.24) is 9.97 Å². The quantitative estimate of drug-likeness (QED) is 0.777. The zero-order valence-corrected chi connectivity index (χ0v) is 8.34. The van der Waals surface area contributed by atoms with Crippen LogP contribution in [0.25, 0.3) is 11.0 Å². The standard InChI is InChI=1S/C11H13FN2/c1-3-7(2)11-13-9-6-4-5-8(12)10(9)14-11/h4-7H,3H2,1-2H3,(H,13,14). The maximum atomic E-state index is 13.3. The Morgan fingerprint density at radius 3 is 2.93 bits per heavy atom. The molecule has 2 rings (SSSR count). The summed E-state index contributed by atoms with van der Waals surface area (Å²) in [4.78, 5) is 7.39. The third-order valence-electron chi connectivity index (χ3n) is 2.56. The average Bonchev–Trinajstić information content (AvgIpc) is 2.62. The highest BCUT2D eigenvalue weighted by Gasteiger charge is 2.10. The van der Waals surface area contributed by atoms with Gasteiger partial charge in [0.1, 0.15) is 11.3 Å². The van der Waals surface area contributed by atoms with E-state index in [1.54, 1.807) is 6.07 Å². The second-order valence-electron chi connectivity index (χ2n) is 3.57. The van der Waals surface area contributed by atoms with Crippen LogP contribution in [0.1, 0.15) is 32.0 Å². The Bertz CT molecular complexity index is 447. The van der Waals surface area contributed by atoms with Crippen molar-refractivity contribution >= 4 is 11.0 Å². The van der Waals surface area contributed by atoms with E-state index in [4.69, 9.17) is 0 Å². The van der Waals surface area contributed by atoms with Gasteiger partial charge in [-0.15, -0.1) is 0 Å². The normalized spacial score (nSPS) is 13.4. The van der Waals surface area contributed by atoms with E-state index in [0.29, 0.717) is 11.4 Å². The lowest BCUT2D eigenvalue weighted by molar-refractivity contribution is 0.635. The first kappa shape index (κ1) is 9.19. The molecule has 14 heavy (non-hydrogen) atoms. The lowest BCUT2D eigenvalue weighted by Gasteiger charge is -2.01. The van der Waals surface area contributed by atoms with E-state index in [1.807, 2.05) is 6.07 Å². The molecule has 0 aliphatic carbocycles. The van der Waals surface area contributed by atoms with Crippen LogP contribution in [0.5, 0.6) is 0 Å². The minimum atomic E-state index is -0.256. The van der Waals surface area contributed by atoms with Gasteiger partial charge in [0, 0.05) is 5.92 Å². The van der Waals surface area contributed by atoms with Crippen LogP contribution < -0.4 is 0 Å². The maximum absolute atomic E-state index is 13.3. The predicted molar refractivity (Wildman–Crippen MR) is 54.8 cm³/mol. The van der Waals surface area contributed by atoms with Gasteiger partial charge in [0.25, 0.3) is 0 Å². The van der Waals surface area contributed by atoms with Crippen molar-refractivity contribution < 1.29 is 4.39 Å². The number of hydrogen-bond acceptors (Lipinski definition) is 1. The van der Waals surface area contributed by atoms with Gasteiger partial charge in [-0.3, -0.25) is 0 Å². The number of fused-ring (bicyclic) bond motifs is 1. The first-order valence-electron chi connectivity index (χ1n) is 4.86. The summed E-state index contributed by atoms with van der Waals surface area (Å²) in [7, 11) is 0. The van der Waals surface area contributed by atoms with Crippen LogP contribution in [0.2, 0.25) is 0 Å². The molecule has 2 aromatic rings. The van der Waals surface area contributed by atoms with Crippen molar-refractivity contribution in [2.75, 3.05) is 0 Å². The predicted octanol–water partition coefficient (Wildman–Crippen LogP) is 3.22. The van der Waals surface area contributed by atoms with Gasteiger partial charge in [-0.1, -0.05) is 19.9 Å². The Morgan fingerprint density at radius 1 is 1.50 bits per heavy atom. The zero-order valence-electron chi connectivity index (χ0n) is 8.34. The van der Waals surface area contributed by atoms with Crippen LogP contribution >= 0.6 is 0 Å². The summed E-state index contributed by atoms with van der Waals surface area (Å²) in [6.45, 7) is 4.17. The Morgan fingerprint density at radius 2 is 2.29 bits per heavy atom. The van der Waals surface area contributed by atoms with Crippen molar-refractivity contribution in [2.24, 2.45) is 0 Å². The monoisotopic (exact) mass is 192 g/mol. The molecule has 1 atom stereocenters. The van der Waals surface area contributed by atoms with E-state index >= 15 is 0 Å². The Balaban J connectivity index is 2.56. The van der Waals surface area contributed by atoms with Crippen molar-refractivity contribution in [3.63, 3.8) is 0 Å². The smallest absolute Gasteiger partial charge is 0.151 e. The number of para-hydroxylation sites is 1. The van der Waals surface area contributed by atoms with Gasteiger partial charge in [0.05, 0.1) is 5.52 Å². The van der Waals surface area contributed by atoms with Crippen LogP contribution in [-0.4, -0.2) is 9.97 Å². The Hall–Kier alpha value is -1.38. The molecule has 74 valence electrons. The van der Waals surface area contributed by atoms with E-state index in [9.17, 15) is 4.39 Å². The highest BCUT2D eigenvalue weighted by atomic mass is 19.1. The molecule has 1 aromatic heterocycles. The molecule has 0 radical (unpaired) electrons. The summed E-state index contributed by atoms with van der Waals surface area (Å²) in [6.07, 6.45) is 1.00. The van der Waals surface area contributed by atoms with Crippen molar-refractivity contribution in [3.05, 3.63) is 29.8 Å². The SMILES string of the molecule is CCC(C)c1nc2c(F)cccc2[nH]1. The van der Waals surface area contributed by atoms with Gasteiger partial charge in [-0.05, 0) is 18.6 Å². The number of benzene rings is 1. The lowest BCUT2D eigenvalue weighted by atomic mass is 10.1. The topological polar surface area (TPSA) is 28.7 Å². The molecule has 1 heterocycles. The van der Waals surface area contributed by atoms with Crippen LogP contribution in [0, 0.1) is 5.82 Å². The van der Waals surface area contributed by atoms with Gasteiger partial charge in [-0.25, -0.2) is 9.37 Å². The highest BCUT2D eigenvalue weighted by molar-refractivity contribution is 5.75. The van der Waals surface area contributed by atoms with Crippen molar-refractivity contribution in [3.8, 4) is 0 Å². The fourth-order valence-corrected chi connectivity index (χ4v) is 1.44. The molecule has 3 heteroatoms. The summed E-state index contributed by atoms with van der Waals surface area (Å²) in [5.74, 6) is 0.961. The zero-order chi connectivity index (χ0) is 10.1. The maximum Gasteiger partial charge on any atom is 0.151 e. The third kappa shape index (κ3) is 1.39. The van der Waals surface area contributed by atoms with E-state index in [2.05, 4.69) is 23.8 Å². The summed E-state index contributed by atoms with van der Waals surface area (Å²) in [6, 6.07) is 4.97. The molecule has 1 aromatic carbocycles. The summed E-state index contributed by atoms with van der Waals surface area (Å²) in [5.41, 5.74) is 1.23. The molecule has 0 fully saturated rings. The first-order chi connectivity index (χ1) is 6.72. The molecule has 0 saturated heterocycles. The van der Waals surface area contributed by atoms with Crippen molar-refractivity contribution in [1.29, 1.82) is 0 Å². The molecule has 1 N–H and O–H groups in total. The van der Waals surface area contributed by atoms with Crippen LogP contribution in [0.4, 0.5) is 4.39 Å². The number of aromatic amines is 1. The number of aromatic nitrogens is 2. The van der Waals surface area contributed by atoms with Crippen LogP contribution in [-0.2, 0) is 0 Å². The molecular weight excluding hydrogens is 179 g/mol. The minimum Gasteiger partial charge on any atom is -0.342 e. The summed E-state index contributed by atoms with van der Waals surface area (Å²) < 4.78 is 13.3. The second kappa shape index (κ2) is 3.40. The molecule has 0 bridgehead atoms. The molecule has 1 unspecified atom stereocenters. The Kier molecular flexibility index (Phi) is 2.23. The molecular formula is C11H13FN2. The molecule has 0 saturated carbocycles. The van der Waals surface area contributed by atoms with Gasteiger partial charge in [-0.2, -0.15) is 0 Å². The van der Waals surface area contributed by atoms with E-state index in [1.165, 1.54) is 6.07 Å². The second-order valence-corrected chi connectivity index (χ2v) is 3.57. The molecule has 2 nitrogen and oxygen atoms in total. The fraction of sp³-hybridized carbons (Fsp3) is 0.364. The number of nitrogens with one attached hydrogen (secondary N) is 1. The fourth-order valence-electron chi connectivity index (χ4n) is 1.44. The third-order valence-corrected chi connectivity index (χ3v) is 2.56.